The third-order valence-corrected chi connectivity index (χ3v) is 5.83. The number of nitriles is 1. The summed E-state index contributed by atoms with van der Waals surface area (Å²) in [6, 6.07) is 2.13. The van der Waals surface area contributed by atoms with Gasteiger partial charge in [-0.2, -0.15) is 5.26 Å². The van der Waals surface area contributed by atoms with Gasteiger partial charge in [0.2, 0.25) is 5.89 Å². The Morgan fingerprint density at radius 2 is 2.37 bits per heavy atom. The van der Waals surface area contributed by atoms with E-state index < -0.39 is 9.84 Å². The van der Waals surface area contributed by atoms with Crippen molar-refractivity contribution in [1.82, 2.24) is 10.2 Å². The van der Waals surface area contributed by atoms with Gasteiger partial charge in [0.25, 0.3) is 5.22 Å². The van der Waals surface area contributed by atoms with E-state index in [2.05, 4.69) is 16.3 Å². The summed E-state index contributed by atoms with van der Waals surface area (Å²) in [4.78, 5) is 0. The average Bonchev–Trinajstić information content (AvgIpc) is 2.93. The minimum absolute atomic E-state index is 0.0691. The molecule has 0 bridgehead atoms. The third-order valence-electron chi connectivity index (χ3n) is 2.92. The molecular formula is C11H15N3O3S2. The van der Waals surface area contributed by atoms with Gasteiger partial charge in [-0.3, -0.25) is 0 Å². The van der Waals surface area contributed by atoms with E-state index in [0.29, 0.717) is 29.7 Å². The average molecular weight is 301 g/mol. The van der Waals surface area contributed by atoms with Crippen LogP contribution in [0, 0.1) is 23.2 Å². The van der Waals surface area contributed by atoms with Crippen molar-refractivity contribution in [2.75, 3.05) is 17.3 Å². The summed E-state index contributed by atoms with van der Waals surface area (Å²) in [5, 5.41) is 16.9. The SMILES string of the molecule is C[C@@H](C#N)CSc1nnc(C[C@@H]2CCS(=O)(=O)C2)o1. The summed E-state index contributed by atoms with van der Waals surface area (Å²) in [7, 11) is -2.86. The Labute approximate surface area is 116 Å². The molecule has 0 spiro atoms. The van der Waals surface area contributed by atoms with E-state index in [1.165, 1.54) is 11.8 Å². The van der Waals surface area contributed by atoms with Gasteiger partial charge in [0, 0.05) is 12.2 Å². The molecule has 0 N–H and O–H groups in total. The van der Waals surface area contributed by atoms with Gasteiger partial charge in [-0.05, 0) is 19.3 Å². The standard InChI is InChI=1S/C11H15N3O3S2/c1-8(5-12)6-18-11-14-13-10(17-11)4-9-2-3-19(15,16)7-9/h8-9H,2-4,6-7H2,1H3/t8-,9-/m0/s1. The molecule has 1 aromatic heterocycles. The molecule has 8 heteroatoms. The van der Waals surface area contributed by atoms with Crippen LogP contribution in [0.4, 0.5) is 0 Å². The molecule has 104 valence electrons. The zero-order valence-corrected chi connectivity index (χ0v) is 12.2. The van der Waals surface area contributed by atoms with Gasteiger partial charge in [-0.15, -0.1) is 10.2 Å². The fourth-order valence-corrected chi connectivity index (χ4v) is 4.48. The molecule has 0 radical (unpaired) electrons. The maximum Gasteiger partial charge on any atom is 0.276 e. The first-order valence-corrected chi connectivity index (χ1v) is 8.84. The summed E-state index contributed by atoms with van der Waals surface area (Å²) in [5.41, 5.74) is 0. The molecule has 0 saturated carbocycles. The Balaban J connectivity index is 1.86. The van der Waals surface area contributed by atoms with Crippen LogP contribution in [0.3, 0.4) is 0 Å². The Morgan fingerprint density at radius 3 is 3.00 bits per heavy atom. The maximum absolute atomic E-state index is 11.3. The second-order valence-corrected chi connectivity index (χ2v) is 7.98. The lowest BCUT2D eigenvalue weighted by Crippen LogP contribution is -2.07. The number of hydrogen-bond acceptors (Lipinski definition) is 7. The van der Waals surface area contributed by atoms with Crippen LogP contribution in [-0.4, -0.2) is 35.9 Å². The Bertz CT molecular complexity index is 576. The molecule has 1 fully saturated rings. The number of nitrogens with zero attached hydrogens (tertiary/aromatic N) is 3. The minimum Gasteiger partial charge on any atom is -0.416 e. The van der Waals surface area contributed by atoms with Crippen LogP contribution in [-0.2, 0) is 16.3 Å². The van der Waals surface area contributed by atoms with Gasteiger partial charge in [-0.1, -0.05) is 11.8 Å². The van der Waals surface area contributed by atoms with Gasteiger partial charge in [0.05, 0.1) is 23.5 Å². The first kappa shape index (κ1) is 14.3. The molecule has 1 aromatic rings. The van der Waals surface area contributed by atoms with Gasteiger partial charge >= 0.3 is 0 Å². The molecule has 0 amide bonds. The molecule has 0 unspecified atom stereocenters. The van der Waals surface area contributed by atoms with Crippen LogP contribution in [0.15, 0.2) is 9.64 Å². The maximum atomic E-state index is 11.3. The second kappa shape index (κ2) is 5.92. The molecule has 1 saturated heterocycles. The van der Waals surface area contributed by atoms with Crippen LogP contribution >= 0.6 is 11.8 Å². The highest BCUT2D eigenvalue weighted by Crippen LogP contribution is 2.24. The van der Waals surface area contributed by atoms with Crippen LogP contribution in [0.1, 0.15) is 19.2 Å². The van der Waals surface area contributed by atoms with Gasteiger partial charge < -0.3 is 4.42 Å². The highest BCUT2D eigenvalue weighted by Gasteiger charge is 2.29. The minimum atomic E-state index is -2.86. The first-order chi connectivity index (χ1) is 8.98. The molecule has 2 heterocycles. The highest BCUT2D eigenvalue weighted by atomic mass is 32.2. The zero-order valence-electron chi connectivity index (χ0n) is 10.6. The fourth-order valence-electron chi connectivity index (χ4n) is 1.89. The van der Waals surface area contributed by atoms with Crippen molar-refractivity contribution < 1.29 is 12.8 Å². The van der Waals surface area contributed by atoms with Crippen LogP contribution < -0.4 is 0 Å². The first-order valence-electron chi connectivity index (χ1n) is 6.04. The number of sulfone groups is 1. The summed E-state index contributed by atoms with van der Waals surface area (Å²) in [5.74, 6) is 1.57. The second-order valence-electron chi connectivity index (χ2n) is 4.78. The van der Waals surface area contributed by atoms with E-state index >= 15 is 0 Å². The molecule has 19 heavy (non-hydrogen) atoms. The fraction of sp³-hybridized carbons (Fsp3) is 0.727. The molecule has 2 rings (SSSR count). The van der Waals surface area contributed by atoms with Crippen molar-refractivity contribution in [3.05, 3.63) is 5.89 Å². The topological polar surface area (TPSA) is 96.9 Å². The summed E-state index contributed by atoms with van der Waals surface area (Å²) < 4.78 is 28.1. The van der Waals surface area contributed by atoms with Crippen molar-refractivity contribution in [2.24, 2.45) is 11.8 Å². The van der Waals surface area contributed by atoms with Crippen LogP contribution in [0.2, 0.25) is 0 Å². The smallest absolute Gasteiger partial charge is 0.276 e. The van der Waals surface area contributed by atoms with Crippen molar-refractivity contribution in [2.45, 2.75) is 25.0 Å². The lowest BCUT2D eigenvalue weighted by atomic mass is 10.1. The Kier molecular flexibility index (Phi) is 4.47. The Hall–Kier alpha value is -1.07. The molecule has 2 atom stereocenters. The van der Waals surface area contributed by atoms with E-state index in [1.807, 2.05) is 6.92 Å². The molecule has 1 aliphatic rings. The van der Waals surface area contributed by atoms with Gasteiger partial charge in [0.15, 0.2) is 9.84 Å². The summed E-state index contributed by atoms with van der Waals surface area (Å²) >= 11 is 1.35. The summed E-state index contributed by atoms with van der Waals surface area (Å²) in [6.07, 6.45) is 1.18. The zero-order chi connectivity index (χ0) is 13.9. The lowest BCUT2D eigenvalue weighted by Gasteiger charge is -2.01. The normalized spacial score (nSPS) is 23.1. The van der Waals surface area contributed by atoms with E-state index in [9.17, 15) is 8.42 Å². The molecule has 0 aromatic carbocycles. The van der Waals surface area contributed by atoms with Crippen molar-refractivity contribution in [3.63, 3.8) is 0 Å². The van der Waals surface area contributed by atoms with Gasteiger partial charge in [-0.25, -0.2) is 8.42 Å². The number of rotatable bonds is 5. The van der Waals surface area contributed by atoms with E-state index in [0.717, 1.165) is 0 Å². The van der Waals surface area contributed by atoms with E-state index in [4.69, 9.17) is 9.68 Å². The lowest BCUT2D eigenvalue weighted by molar-refractivity contribution is 0.389. The molecule has 6 nitrogen and oxygen atoms in total. The third kappa shape index (κ3) is 4.21. The predicted molar refractivity (Wildman–Crippen MR) is 70.3 cm³/mol. The van der Waals surface area contributed by atoms with Gasteiger partial charge in [0.1, 0.15) is 0 Å². The van der Waals surface area contributed by atoms with E-state index in [1.54, 1.807) is 0 Å². The van der Waals surface area contributed by atoms with Crippen LogP contribution in [0.25, 0.3) is 0 Å². The number of aromatic nitrogens is 2. The number of hydrogen-bond donors (Lipinski definition) is 0. The van der Waals surface area contributed by atoms with Crippen molar-refractivity contribution in [3.8, 4) is 6.07 Å². The largest absolute Gasteiger partial charge is 0.416 e. The summed E-state index contributed by atoms with van der Waals surface area (Å²) in [6.45, 7) is 1.83. The molecule has 1 aliphatic heterocycles. The number of thioether (sulfide) groups is 1. The quantitative estimate of drug-likeness (QED) is 0.756. The van der Waals surface area contributed by atoms with E-state index in [-0.39, 0.29) is 23.3 Å². The molecule has 0 aliphatic carbocycles. The monoisotopic (exact) mass is 301 g/mol. The predicted octanol–water partition coefficient (Wildman–Crippen LogP) is 1.30. The molecular weight excluding hydrogens is 286 g/mol. The van der Waals surface area contributed by atoms with Crippen LogP contribution in [0.5, 0.6) is 0 Å². The highest BCUT2D eigenvalue weighted by molar-refractivity contribution is 7.99. The Morgan fingerprint density at radius 1 is 1.58 bits per heavy atom. The van der Waals surface area contributed by atoms with Crippen molar-refractivity contribution in [1.29, 1.82) is 5.26 Å². The van der Waals surface area contributed by atoms with Crippen molar-refractivity contribution >= 4 is 21.6 Å².